The first-order valence-corrected chi connectivity index (χ1v) is 6.30. The fraction of sp³-hybridized carbons (Fsp3) is 0.833. The number of rotatable bonds is 9. The Hall–Kier alpha value is -1.14. The number of ether oxygens (including phenoxy) is 1. The lowest BCUT2D eigenvalue weighted by Gasteiger charge is -2.17. The predicted octanol–water partition coefficient (Wildman–Crippen LogP) is -0.371. The minimum atomic E-state index is -0.533. The number of methoxy groups -OCH3 is 1. The zero-order valence-corrected chi connectivity index (χ0v) is 11.5. The molecule has 0 fully saturated rings. The van der Waals surface area contributed by atoms with E-state index in [1.54, 1.807) is 14.0 Å². The summed E-state index contributed by atoms with van der Waals surface area (Å²) in [6.07, 6.45) is 1.54. The van der Waals surface area contributed by atoms with Gasteiger partial charge in [-0.1, -0.05) is 6.92 Å². The van der Waals surface area contributed by atoms with Gasteiger partial charge < -0.3 is 21.1 Å². The molecule has 4 N–H and O–H groups in total. The molecule has 0 radical (unpaired) electrons. The summed E-state index contributed by atoms with van der Waals surface area (Å²) >= 11 is 0. The normalized spacial score (nSPS) is 13.8. The molecule has 0 aliphatic rings. The molecule has 6 heteroatoms. The van der Waals surface area contributed by atoms with Crippen LogP contribution in [0, 0.1) is 5.92 Å². The Labute approximate surface area is 109 Å². The fourth-order valence-electron chi connectivity index (χ4n) is 1.41. The maximum absolute atomic E-state index is 11.7. The third kappa shape index (κ3) is 7.24. The lowest BCUT2D eigenvalue weighted by Crippen LogP contribution is -2.47. The third-order valence-corrected chi connectivity index (χ3v) is 2.65. The summed E-state index contributed by atoms with van der Waals surface area (Å²) in [6.45, 7) is 4.97. The van der Waals surface area contributed by atoms with Crippen molar-refractivity contribution in [1.29, 1.82) is 0 Å². The van der Waals surface area contributed by atoms with Crippen LogP contribution in [-0.2, 0) is 14.3 Å². The van der Waals surface area contributed by atoms with E-state index in [1.165, 1.54) is 0 Å². The highest BCUT2D eigenvalue weighted by Crippen LogP contribution is 2.04. The van der Waals surface area contributed by atoms with Gasteiger partial charge in [-0.3, -0.25) is 9.59 Å². The Morgan fingerprint density at radius 2 is 1.94 bits per heavy atom. The lowest BCUT2D eigenvalue weighted by atomic mass is 10.0. The van der Waals surface area contributed by atoms with E-state index in [0.29, 0.717) is 19.7 Å². The van der Waals surface area contributed by atoms with Crippen molar-refractivity contribution in [2.45, 2.75) is 32.7 Å². The molecule has 2 amide bonds. The smallest absolute Gasteiger partial charge is 0.242 e. The Balaban J connectivity index is 3.94. The SMILES string of the molecule is COCCNC(=O)C(C)NC(=O)C(C)CCCN. The van der Waals surface area contributed by atoms with E-state index in [1.807, 2.05) is 6.92 Å². The Bertz CT molecular complexity index is 259. The molecular weight excluding hydrogens is 234 g/mol. The summed E-state index contributed by atoms with van der Waals surface area (Å²) in [5.41, 5.74) is 5.39. The van der Waals surface area contributed by atoms with Crippen LogP contribution in [0.3, 0.4) is 0 Å². The van der Waals surface area contributed by atoms with Gasteiger partial charge in [-0.2, -0.15) is 0 Å². The lowest BCUT2D eigenvalue weighted by molar-refractivity contribution is -0.130. The van der Waals surface area contributed by atoms with Crippen LogP contribution in [0.2, 0.25) is 0 Å². The monoisotopic (exact) mass is 259 g/mol. The first-order chi connectivity index (χ1) is 8.52. The van der Waals surface area contributed by atoms with Crippen molar-refractivity contribution >= 4 is 11.8 Å². The van der Waals surface area contributed by atoms with Gasteiger partial charge >= 0.3 is 0 Å². The molecule has 0 rings (SSSR count). The fourth-order valence-corrected chi connectivity index (χ4v) is 1.41. The molecule has 0 bridgehead atoms. The van der Waals surface area contributed by atoms with E-state index in [-0.39, 0.29) is 17.7 Å². The molecule has 0 aliphatic carbocycles. The zero-order valence-electron chi connectivity index (χ0n) is 11.5. The first-order valence-electron chi connectivity index (χ1n) is 6.30. The molecule has 0 aromatic heterocycles. The number of amides is 2. The topological polar surface area (TPSA) is 93.5 Å². The first kappa shape index (κ1) is 16.9. The standard InChI is InChI=1S/C12H25N3O3/c1-9(5-4-6-13)11(16)15-10(2)12(17)14-7-8-18-3/h9-10H,4-8,13H2,1-3H3,(H,14,17)(H,15,16). The summed E-state index contributed by atoms with van der Waals surface area (Å²) in [7, 11) is 1.57. The average molecular weight is 259 g/mol. The van der Waals surface area contributed by atoms with Crippen LogP contribution in [0.25, 0.3) is 0 Å². The molecule has 0 spiro atoms. The maximum atomic E-state index is 11.7. The molecule has 18 heavy (non-hydrogen) atoms. The molecular formula is C12H25N3O3. The minimum absolute atomic E-state index is 0.113. The van der Waals surface area contributed by atoms with Gasteiger partial charge in [0.2, 0.25) is 11.8 Å². The second-order valence-electron chi connectivity index (χ2n) is 4.35. The van der Waals surface area contributed by atoms with Gasteiger partial charge in [0.25, 0.3) is 0 Å². The van der Waals surface area contributed by atoms with Crippen molar-refractivity contribution in [3.8, 4) is 0 Å². The summed E-state index contributed by atoms with van der Waals surface area (Å²) in [5.74, 6) is -0.438. The predicted molar refractivity (Wildman–Crippen MR) is 69.9 cm³/mol. The number of nitrogens with one attached hydrogen (secondary N) is 2. The van der Waals surface area contributed by atoms with Crippen molar-refractivity contribution in [2.75, 3.05) is 26.8 Å². The van der Waals surface area contributed by atoms with Gasteiger partial charge in [-0.15, -0.1) is 0 Å². The molecule has 106 valence electrons. The summed E-state index contributed by atoms with van der Waals surface area (Å²) in [6, 6.07) is -0.533. The van der Waals surface area contributed by atoms with Crippen molar-refractivity contribution < 1.29 is 14.3 Å². The molecule has 0 aromatic carbocycles. The number of nitrogens with two attached hydrogens (primary N) is 1. The van der Waals surface area contributed by atoms with Gasteiger partial charge in [0.15, 0.2) is 0 Å². The van der Waals surface area contributed by atoms with Gasteiger partial charge in [-0.05, 0) is 26.3 Å². The van der Waals surface area contributed by atoms with Crippen LogP contribution in [0.5, 0.6) is 0 Å². The van der Waals surface area contributed by atoms with Gasteiger partial charge in [0, 0.05) is 19.6 Å². The molecule has 2 unspecified atom stereocenters. The molecule has 0 heterocycles. The van der Waals surface area contributed by atoms with E-state index in [9.17, 15) is 9.59 Å². The Morgan fingerprint density at radius 1 is 1.28 bits per heavy atom. The van der Waals surface area contributed by atoms with Crippen LogP contribution in [-0.4, -0.2) is 44.7 Å². The van der Waals surface area contributed by atoms with Crippen molar-refractivity contribution in [3.05, 3.63) is 0 Å². The largest absolute Gasteiger partial charge is 0.383 e. The second-order valence-corrected chi connectivity index (χ2v) is 4.35. The van der Waals surface area contributed by atoms with Crippen LogP contribution in [0.15, 0.2) is 0 Å². The quantitative estimate of drug-likeness (QED) is 0.492. The second kappa shape index (κ2) is 9.85. The van der Waals surface area contributed by atoms with Gasteiger partial charge in [0.1, 0.15) is 6.04 Å². The highest BCUT2D eigenvalue weighted by atomic mass is 16.5. The number of hydrogen-bond donors (Lipinski definition) is 3. The van der Waals surface area contributed by atoms with Gasteiger partial charge in [-0.25, -0.2) is 0 Å². The molecule has 6 nitrogen and oxygen atoms in total. The summed E-state index contributed by atoms with van der Waals surface area (Å²) in [5, 5.41) is 5.35. The van der Waals surface area contributed by atoms with E-state index < -0.39 is 6.04 Å². The highest BCUT2D eigenvalue weighted by Gasteiger charge is 2.18. The molecule has 2 atom stereocenters. The molecule has 0 aliphatic heterocycles. The Morgan fingerprint density at radius 3 is 2.50 bits per heavy atom. The van der Waals surface area contributed by atoms with E-state index in [2.05, 4.69) is 10.6 Å². The number of carbonyl (C=O) groups is 2. The minimum Gasteiger partial charge on any atom is -0.383 e. The van der Waals surface area contributed by atoms with Crippen LogP contribution < -0.4 is 16.4 Å². The zero-order chi connectivity index (χ0) is 14.0. The van der Waals surface area contributed by atoms with Crippen molar-refractivity contribution in [3.63, 3.8) is 0 Å². The molecule has 0 saturated heterocycles. The molecule has 0 aromatic rings. The van der Waals surface area contributed by atoms with Crippen molar-refractivity contribution in [2.24, 2.45) is 11.7 Å². The highest BCUT2D eigenvalue weighted by molar-refractivity contribution is 5.87. The van der Waals surface area contributed by atoms with Crippen molar-refractivity contribution in [1.82, 2.24) is 10.6 Å². The summed E-state index contributed by atoms with van der Waals surface area (Å²) < 4.78 is 4.82. The maximum Gasteiger partial charge on any atom is 0.242 e. The number of hydrogen-bond acceptors (Lipinski definition) is 4. The van der Waals surface area contributed by atoms with Crippen LogP contribution in [0.1, 0.15) is 26.7 Å². The Kier molecular flexibility index (Phi) is 9.22. The van der Waals surface area contributed by atoms with Gasteiger partial charge in [0.05, 0.1) is 6.61 Å². The van der Waals surface area contributed by atoms with E-state index >= 15 is 0 Å². The molecule has 0 saturated carbocycles. The van der Waals surface area contributed by atoms with Crippen LogP contribution >= 0.6 is 0 Å². The van der Waals surface area contributed by atoms with E-state index in [4.69, 9.17) is 10.5 Å². The third-order valence-electron chi connectivity index (χ3n) is 2.65. The van der Waals surface area contributed by atoms with Crippen LogP contribution in [0.4, 0.5) is 0 Å². The summed E-state index contributed by atoms with van der Waals surface area (Å²) in [4.78, 5) is 23.3. The average Bonchev–Trinajstić information content (AvgIpc) is 2.35. The van der Waals surface area contributed by atoms with E-state index in [0.717, 1.165) is 12.8 Å². The number of carbonyl (C=O) groups excluding carboxylic acids is 2.